The van der Waals surface area contributed by atoms with Crippen LogP contribution in [0.15, 0.2) is 23.4 Å². The van der Waals surface area contributed by atoms with E-state index in [1.54, 1.807) is 18.2 Å². The summed E-state index contributed by atoms with van der Waals surface area (Å²) in [6.45, 7) is 0. The third-order valence-electron chi connectivity index (χ3n) is 2.01. The van der Waals surface area contributed by atoms with Crippen LogP contribution in [0.4, 0.5) is 5.69 Å². The van der Waals surface area contributed by atoms with E-state index in [1.165, 1.54) is 12.1 Å². The molecule has 90 valence electrons. The smallest absolute Gasteiger partial charge is 0.163 e. The number of allylic oxidation sites excluding steroid dienone is 2. The topological polar surface area (TPSA) is 107 Å². The minimum Gasteiger partial charge on any atom is -0.343 e. The summed E-state index contributed by atoms with van der Waals surface area (Å²) < 4.78 is 0. The number of halogens is 2. The summed E-state index contributed by atoms with van der Waals surface area (Å²) in [5.74, 6) is 0. The van der Waals surface area contributed by atoms with E-state index in [2.05, 4.69) is 5.32 Å². The molecule has 0 bridgehead atoms. The Kier molecular flexibility index (Phi) is 4.76. The largest absolute Gasteiger partial charge is 0.343 e. The highest BCUT2D eigenvalue weighted by atomic mass is 35.5. The van der Waals surface area contributed by atoms with E-state index in [0.29, 0.717) is 0 Å². The van der Waals surface area contributed by atoms with Gasteiger partial charge in [0.25, 0.3) is 0 Å². The molecule has 0 radical (unpaired) electrons. The minimum absolute atomic E-state index is 0.104. The number of nitrogens with zero attached hydrogens (tertiary/aromatic N) is 4. The first-order valence-corrected chi connectivity index (χ1v) is 5.43. The Morgan fingerprint density at radius 2 is 1.47 bits per heavy atom. The average molecular weight is 288 g/mol. The normalized spacial score (nSPS) is 8.32. The maximum Gasteiger partial charge on any atom is 0.163 e. The van der Waals surface area contributed by atoms with Gasteiger partial charge in [-0.3, -0.25) is 0 Å². The van der Waals surface area contributed by atoms with Crippen LogP contribution in [-0.2, 0) is 0 Å². The molecule has 0 aliphatic heterocycles. The van der Waals surface area contributed by atoms with E-state index in [9.17, 15) is 0 Å². The Bertz CT molecular complexity index is 683. The molecule has 1 aromatic carbocycles. The summed E-state index contributed by atoms with van der Waals surface area (Å²) in [6, 6.07) is 9.41. The van der Waals surface area contributed by atoms with E-state index in [1.807, 2.05) is 6.07 Å². The van der Waals surface area contributed by atoms with Gasteiger partial charge in [-0.05, 0) is 12.1 Å². The van der Waals surface area contributed by atoms with Crippen molar-refractivity contribution in [2.75, 3.05) is 5.32 Å². The Morgan fingerprint density at radius 3 is 1.84 bits per heavy atom. The van der Waals surface area contributed by atoms with Crippen LogP contribution in [0.2, 0.25) is 10.0 Å². The number of hydrogen-bond donors (Lipinski definition) is 1. The Balaban J connectivity index is 3.34. The van der Waals surface area contributed by atoms with Crippen molar-refractivity contribution in [1.29, 1.82) is 21.0 Å². The molecule has 0 aliphatic carbocycles. The molecular weight excluding hydrogens is 285 g/mol. The molecule has 0 spiro atoms. The second-order valence-electron chi connectivity index (χ2n) is 3.14. The first-order chi connectivity index (χ1) is 9.07. The van der Waals surface area contributed by atoms with Crippen molar-refractivity contribution in [3.8, 4) is 24.3 Å². The maximum absolute atomic E-state index is 8.89. The van der Waals surface area contributed by atoms with Crippen LogP contribution in [-0.4, -0.2) is 0 Å². The quantitative estimate of drug-likeness (QED) is 0.841. The second kappa shape index (κ2) is 6.29. The monoisotopic (exact) mass is 287 g/mol. The number of nitrogens with one attached hydrogen (secondary N) is 1. The minimum atomic E-state index is -0.390. The first kappa shape index (κ1) is 14.4. The van der Waals surface area contributed by atoms with Crippen molar-refractivity contribution in [3.63, 3.8) is 0 Å². The molecule has 0 saturated heterocycles. The van der Waals surface area contributed by atoms with Crippen LogP contribution in [0, 0.1) is 45.3 Å². The van der Waals surface area contributed by atoms with Gasteiger partial charge in [-0.1, -0.05) is 23.2 Å². The maximum atomic E-state index is 8.89. The van der Waals surface area contributed by atoms with Gasteiger partial charge in [-0.2, -0.15) is 21.0 Å². The zero-order valence-corrected chi connectivity index (χ0v) is 10.7. The standard InChI is InChI=1S/C12H3Cl2N5/c13-9-1-7(3-15)2-10(14)12(9)19-11(6-18)8(4-16)5-17/h1-2,19H. The highest BCUT2D eigenvalue weighted by Gasteiger charge is 2.12. The van der Waals surface area contributed by atoms with Crippen LogP contribution in [0.25, 0.3) is 0 Å². The third kappa shape index (κ3) is 3.15. The average Bonchev–Trinajstić information content (AvgIpc) is 2.41. The van der Waals surface area contributed by atoms with Gasteiger partial charge in [0, 0.05) is 0 Å². The molecular formula is C12H3Cl2N5. The van der Waals surface area contributed by atoms with E-state index in [4.69, 9.17) is 44.2 Å². The fourth-order valence-electron chi connectivity index (χ4n) is 1.17. The highest BCUT2D eigenvalue weighted by molar-refractivity contribution is 6.39. The number of benzene rings is 1. The molecule has 0 saturated carbocycles. The molecule has 7 heteroatoms. The van der Waals surface area contributed by atoms with Crippen LogP contribution in [0.3, 0.4) is 0 Å². The lowest BCUT2D eigenvalue weighted by Crippen LogP contribution is -2.02. The Hall–Kier alpha value is -2.70. The zero-order chi connectivity index (χ0) is 14.4. The Morgan fingerprint density at radius 1 is 0.947 bits per heavy atom. The van der Waals surface area contributed by atoms with Crippen molar-refractivity contribution < 1.29 is 0 Å². The SMILES string of the molecule is N#CC(C#N)=C(C#N)Nc1c(Cl)cc(C#N)cc1Cl. The molecule has 1 aromatic rings. The van der Waals surface area contributed by atoms with Crippen molar-refractivity contribution in [1.82, 2.24) is 0 Å². The molecule has 1 rings (SSSR count). The summed E-state index contributed by atoms with van der Waals surface area (Å²) in [7, 11) is 0. The van der Waals surface area contributed by atoms with Gasteiger partial charge in [0.05, 0.1) is 27.4 Å². The van der Waals surface area contributed by atoms with E-state index in [-0.39, 0.29) is 32.6 Å². The molecule has 0 unspecified atom stereocenters. The lowest BCUT2D eigenvalue weighted by Gasteiger charge is -2.09. The number of rotatable bonds is 2. The molecule has 0 heterocycles. The van der Waals surface area contributed by atoms with E-state index < -0.39 is 0 Å². The first-order valence-electron chi connectivity index (χ1n) is 4.68. The van der Waals surface area contributed by atoms with Gasteiger partial charge in [-0.15, -0.1) is 0 Å². The number of nitriles is 4. The summed E-state index contributed by atoms with van der Waals surface area (Å²) in [4.78, 5) is 0. The fourth-order valence-corrected chi connectivity index (χ4v) is 1.75. The summed E-state index contributed by atoms with van der Waals surface area (Å²) in [6.07, 6.45) is 0. The van der Waals surface area contributed by atoms with Gasteiger partial charge >= 0.3 is 0 Å². The molecule has 0 atom stereocenters. The van der Waals surface area contributed by atoms with E-state index in [0.717, 1.165) is 0 Å². The molecule has 5 nitrogen and oxygen atoms in total. The Labute approximate surface area is 119 Å². The van der Waals surface area contributed by atoms with Crippen molar-refractivity contribution >= 4 is 28.9 Å². The molecule has 0 fully saturated rings. The van der Waals surface area contributed by atoms with Gasteiger partial charge in [0.15, 0.2) is 5.57 Å². The van der Waals surface area contributed by atoms with Crippen LogP contribution in [0.5, 0.6) is 0 Å². The molecule has 1 N–H and O–H groups in total. The molecule has 19 heavy (non-hydrogen) atoms. The fraction of sp³-hybridized carbons (Fsp3) is 0. The van der Waals surface area contributed by atoms with Crippen LogP contribution >= 0.6 is 23.2 Å². The number of hydrogen-bond acceptors (Lipinski definition) is 5. The van der Waals surface area contributed by atoms with Crippen LogP contribution < -0.4 is 5.32 Å². The lowest BCUT2D eigenvalue weighted by atomic mass is 10.2. The highest BCUT2D eigenvalue weighted by Crippen LogP contribution is 2.32. The molecule has 0 amide bonds. The van der Waals surface area contributed by atoms with Gasteiger partial charge in [-0.25, -0.2) is 0 Å². The summed E-state index contributed by atoms with van der Waals surface area (Å²) in [5, 5.41) is 37.7. The predicted octanol–water partition coefficient (Wildman–Crippen LogP) is 3.10. The zero-order valence-electron chi connectivity index (χ0n) is 9.20. The van der Waals surface area contributed by atoms with Crippen molar-refractivity contribution in [2.45, 2.75) is 0 Å². The van der Waals surface area contributed by atoms with Gasteiger partial charge < -0.3 is 5.32 Å². The summed E-state index contributed by atoms with van der Waals surface area (Å²) in [5.41, 5.74) is -0.247. The van der Waals surface area contributed by atoms with Crippen molar-refractivity contribution in [3.05, 3.63) is 39.0 Å². The van der Waals surface area contributed by atoms with Gasteiger partial charge in [0.1, 0.15) is 23.9 Å². The molecule has 0 aliphatic rings. The summed E-state index contributed by atoms with van der Waals surface area (Å²) >= 11 is 11.8. The van der Waals surface area contributed by atoms with Gasteiger partial charge in [0.2, 0.25) is 0 Å². The van der Waals surface area contributed by atoms with E-state index >= 15 is 0 Å². The predicted molar refractivity (Wildman–Crippen MR) is 68.7 cm³/mol. The number of anilines is 1. The lowest BCUT2D eigenvalue weighted by molar-refractivity contribution is 1.37. The second-order valence-corrected chi connectivity index (χ2v) is 3.95. The third-order valence-corrected chi connectivity index (χ3v) is 2.60. The van der Waals surface area contributed by atoms with Crippen LogP contribution in [0.1, 0.15) is 5.56 Å². The van der Waals surface area contributed by atoms with Crippen molar-refractivity contribution in [2.24, 2.45) is 0 Å². The molecule has 0 aromatic heterocycles.